The molecule has 21 heavy (non-hydrogen) atoms. The molecule has 0 saturated heterocycles. The van der Waals surface area contributed by atoms with Gasteiger partial charge in [0.05, 0.1) is 29.2 Å². The summed E-state index contributed by atoms with van der Waals surface area (Å²) in [4.78, 5) is 12.1. The van der Waals surface area contributed by atoms with Gasteiger partial charge in [-0.2, -0.15) is 0 Å². The lowest BCUT2D eigenvalue weighted by Crippen LogP contribution is -2.24. The maximum Gasteiger partial charge on any atom is 0.242 e. The molecule has 0 aliphatic heterocycles. The number of anilines is 1. The van der Waals surface area contributed by atoms with Crippen LogP contribution in [-0.2, 0) is 16.6 Å². The summed E-state index contributed by atoms with van der Waals surface area (Å²) in [5, 5.41) is 2.99. The zero-order valence-corrected chi connectivity index (χ0v) is 13.0. The van der Waals surface area contributed by atoms with E-state index >= 15 is 0 Å². The molecule has 0 unspecified atom stereocenters. The first kappa shape index (κ1) is 15.6. The van der Waals surface area contributed by atoms with E-state index in [0.717, 1.165) is 5.69 Å². The summed E-state index contributed by atoms with van der Waals surface area (Å²) in [6, 6.07) is 1.34. The van der Waals surface area contributed by atoms with Gasteiger partial charge in [-0.05, 0) is 13.0 Å². The van der Waals surface area contributed by atoms with Gasteiger partial charge in [-0.3, -0.25) is 9.97 Å². The Morgan fingerprint density at radius 3 is 2.52 bits per heavy atom. The fourth-order valence-electron chi connectivity index (χ4n) is 1.51. The number of pyridine rings is 1. The Bertz CT molecular complexity index is 734. The molecule has 0 aromatic carbocycles. The van der Waals surface area contributed by atoms with Crippen molar-refractivity contribution in [1.29, 1.82) is 0 Å². The monoisotopic (exact) mass is 327 g/mol. The summed E-state index contributed by atoms with van der Waals surface area (Å²) in [5.74, 6) is 0.417. The molecule has 2 rings (SSSR count). The third-order valence-corrected chi connectivity index (χ3v) is 4.30. The maximum absolute atomic E-state index is 12.1. The van der Waals surface area contributed by atoms with Crippen LogP contribution in [0.3, 0.4) is 0 Å². The number of rotatable bonds is 5. The molecule has 0 radical (unpaired) electrons. The molecule has 0 spiro atoms. The molecular formula is C12H14ClN5O2S. The number of aryl methyl sites for hydroxylation is 1. The molecule has 112 valence electrons. The second kappa shape index (κ2) is 6.33. The second-order valence-corrected chi connectivity index (χ2v) is 6.40. The van der Waals surface area contributed by atoms with Crippen LogP contribution in [0.5, 0.6) is 0 Å². The number of nitrogens with zero attached hydrogens (tertiary/aromatic N) is 3. The molecule has 2 aromatic rings. The molecule has 7 nitrogen and oxygen atoms in total. The molecule has 2 aromatic heterocycles. The Balaban J connectivity index is 2.14. The Labute approximate surface area is 127 Å². The lowest BCUT2D eigenvalue weighted by molar-refractivity contribution is 0.580. The van der Waals surface area contributed by atoms with Crippen molar-refractivity contribution in [2.24, 2.45) is 0 Å². The van der Waals surface area contributed by atoms with Crippen molar-refractivity contribution in [2.45, 2.75) is 18.4 Å². The van der Waals surface area contributed by atoms with E-state index in [4.69, 9.17) is 11.6 Å². The lowest BCUT2D eigenvalue weighted by Gasteiger charge is -2.08. The van der Waals surface area contributed by atoms with Crippen molar-refractivity contribution >= 4 is 27.4 Å². The Kier molecular flexibility index (Phi) is 4.71. The first-order valence-corrected chi connectivity index (χ1v) is 7.89. The molecule has 0 saturated carbocycles. The van der Waals surface area contributed by atoms with Gasteiger partial charge in [0.2, 0.25) is 10.0 Å². The standard InChI is InChI=1S/C12H14ClN5O2S/c1-8-4-16-9(5-15-8)6-18-21(19,20)10-3-11(13)12(14-2)17-7-10/h3-5,7,18H,6H2,1-2H3,(H,14,17). The van der Waals surface area contributed by atoms with Gasteiger partial charge in [-0.25, -0.2) is 18.1 Å². The number of sulfonamides is 1. The molecule has 0 aliphatic rings. The van der Waals surface area contributed by atoms with Gasteiger partial charge in [-0.15, -0.1) is 0 Å². The lowest BCUT2D eigenvalue weighted by atomic mass is 10.4. The molecule has 0 fully saturated rings. The van der Waals surface area contributed by atoms with Gasteiger partial charge >= 0.3 is 0 Å². The van der Waals surface area contributed by atoms with Crippen LogP contribution in [0.25, 0.3) is 0 Å². The van der Waals surface area contributed by atoms with E-state index in [1.165, 1.54) is 18.5 Å². The number of hydrogen-bond donors (Lipinski definition) is 2. The molecule has 0 amide bonds. The normalized spacial score (nSPS) is 11.4. The quantitative estimate of drug-likeness (QED) is 0.860. The van der Waals surface area contributed by atoms with Gasteiger partial charge in [-0.1, -0.05) is 11.6 Å². The third kappa shape index (κ3) is 3.87. The van der Waals surface area contributed by atoms with Crippen molar-refractivity contribution in [3.63, 3.8) is 0 Å². The van der Waals surface area contributed by atoms with Crippen LogP contribution in [0.2, 0.25) is 5.02 Å². The van der Waals surface area contributed by atoms with Gasteiger partial charge in [0, 0.05) is 19.4 Å². The van der Waals surface area contributed by atoms with Crippen molar-refractivity contribution in [1.82, 2.24) is 19.7 Å². The summed E-state index contributed by atoms with van der Waals surface area (Å²) in [7, 11) is -2.06. The van der Waals surface area contributed by atoms with E-state index in [9.17, 15) is 8.42 Å². The fraction of sp³-hybridized carbons (Fsp3) is 0.250. The minimum Gasteiger partial charge on any atom is -0.372 e. The summed E-state index contributed by atoms with van der Waals surface area (Å²) >= 11 is 5.93. The fourth-order valence-corrected chi connectivity index (χ4v) is 2.81. The molecule has 9 heteroatoms. The average Bonchev–Trinajstić information content (AvgIpc) is 2.46. The molecule has 0 bridgehead atoms. The highest BCUT2D eigenvalue weighted by molar-refractivity contribution is 7.89. The molecule has 0 aliphatic carbocycles. The summed E-state index contributed by atoms with van der Waals surface area (Å²) in [6.45, 7) is 1.85. The first-order chi connectivity index (χ1) is 9.92. The van der Waals surface area contributed by atoms with Gasteiger partial charge in [0.15, 0.2) is 0 Å². The van der Waals surface area contributed by atoms with Gasteiger partial charge in [0.25, 0.3) is 0 Å². The zero-order chi connectivity index (χ0) is 15.5. The zero-order valence-electron chi connectivity index (χ0n) is 11.5. The van der Waals surface area contributed by atoms with Gasteiger partial charge < -0.3 is 5.32 Å². The minimum absolute atomic E-state index is 0.00780. The summed E-state index contributed by atoms with van der Waals surface area (Å²) in [5.41, 5.74) is 1.29. The van der Waals surface area contributed by atoms with Crippen LogP contribution in [0, 0.1) is 6.92 Å². The number of halogens is 1. The topological polar surface area (TPSA) is 96.9 Å². The Morgan fingerprint density at radius 2 is 1.95 bits per heavy atom. The van der Waals surface area contributed by atoms with Crippen molar-refractivity contribution in [2.75, 3.05) is 12.4 Å². The highest BCUT2D eigenvalue weighted by atomic mass is 35.5. The average molecular weight is 328 g/mol. The van der Waals surface area contributed by atoms with E-state index in [-0.39, 0.29) is 16.5 Å². The highest BCUT2D eigenvalue weighted by Gasteiger charge is 2.16. The van der Waals surface area contributed by atoms with Crippen molar-refractivity contribution < 1.29 is 8.42 Å². The van der Waals surface area contributed by atoms with Crippen LogP contribution in [0.4, 0.5) is 5.82 Å². The highest BCUT2D eigenvalue weighted by Crippen LogP contribution is 2.21. The summed E-state index contributed by atoms with van der Waals surface area (Å²) < 4.78 is 26.7. The molecule has 0 atom stereocenters. The third-order valence-electron chi connectivity index (χ3n) is 2.64. The first-order valence-electron chi connectivity index (χ1n) is 6.03. The number of hydrogen-bond acceptors (Lipinski definition) is 6. The largest absolute Gasteiger partial charge is 0.372 e. The van der Waals surface area contributed by atoms with Crippen LogP contribution in [0.1, 0.15) is 11.4 Å². The predicted molar refractivity (Wildman–Crippen MR) is 79.6 cm³/mol. The van der Waals surface area contributed by atoms with Crippen LogP contribution in [-0.4, -0.2) is 30.4 Å². The smallest absolute Gasteiger partial charge is 0.242 e. The van der Waals surface area contributed by atoms with Crippen molar-refractivity contribution in [3.05, 3.63) is 41.1 Å². The number of nitrogens with one attached hydrogen (secondary N) is 2. The van der Waals surface area contributed by atoms with Crippen LogP contribution in [0.15, 0.2) is 29.6 Å². The van der Waals surface area contributed by atoms with Crippen molar-refractivity contribution in [3.8, 4) is 0 Å². The van der Waals surface area contributed by atoms with E-state index in [0.29, 0.717) is 11.5 Å². The van der Waals surface area contributed by atoms with Crippen LogP contribution >= 0.6 is 11.6 Å². The Morgan fingerprint density at radius 1 is 1.19 bits per heavy atom. The minimum atomic E-state index is -3.71. The summed E-state index contributed by atoms with van der Waals surface area (Å²) in [6.07, 6.45) is 4.33. The van der Waals surface area contributed by atoms with E-state index in [2.05, 4.69) is 25.0 Å². The molecule has 2 heterocycles. The van der Waals surface area contributed by atoms with E-state index < -0.39 is 10.0 Å². The predicted octanol–water partition coefficient (Wildman–Crippen LogP) is 1.35. The Hall–Kier alpha value is -1.77. The maximum atomic E-state index is 12.1. The molecule has 2 N–H and O–H groups in total. The number of aromatic nitrogens is 3. The van der Waals surface area contributed by atoms with E-state index in [1.54, 1.807) is 20.2 Å². The van der Waals surface area contributed by atoms with Gasteiger partial charge in [0.1, 0.15) is 10.7 Å². The van der Waals surface area contributed by atoms with E-state index in [1.807, 2.05) is 0 Å². The second-order valence-electron chi connectivity index (χ2n) is 4.23. The van der Waals surface area contributed by atoms with Crippen LogP contribution < -0.4 is 10.0 Å². The molecular weight excluding hydrogens is 314 g/mol. The SMILES string of the molecule is CNc1ncc(S(=O)(=O)NCc2cnc(C)cn2)cc1Cl.